The molecule has 0 aliphatic carbocycles. The molecule has 1 aromatic carbocycles. The Kier molecular flexibility index (Phi) is 4.00. The molecule has 0 unspecified atom stereocenters. The fourth-order valence-electron chi connectivity index (χ4n) is 1.15. The molecule has 82 valence electrons. The van der Waals surface area contributed by atoms with Gasteiger partial charge in [0.2, 0.25) is 0 Å². The lowest BCUT2D eigenvalue weighted by molar-refractivity contribution is 1.12. The molecule has 0 saturated carbocycles. The van der Waals surface area contributed by atoms with Gasteiger partial charge < -0.3 is 0 Å². The Hall–Kier alpha value is 0.0300. The number of rotatable bonds is 1. The van der Waals surface area contributed by atoms with E-state index in [-0.39, 0.29) is 0 Å². The molecule has 0 aliphatic rings. The quantitative estimate of drug-likeness (QED) is 0.593. The average molecular weight is 427 g/mol. The van der Waals surface area contributed by atoms with Crippen LogP contribution < -0.4 is 0 Å². The molecule has 0 amide bonds. The van der Waals surface area contributed by atoms with Crippen molar-refractivity contribution in [3.63, 3.8) is 0 Å². The van der Waals surface area contributed by atoms with Crippen LogP contribution in [0.15, 0.2) is 37.9 Å². The number of aromatic nitrogens is 2. The number of nitrogens with zero attached hydrogens (tertiary/aromatic N) is 2. The molecule has 0 bridgehead atoms. The predicted octanol–water partition coefficient (Wildman–Crippen LogP) is 5.08. The van der Waals surface area contributed by atoms with Crippen LogP contribution in [0.4, 0.5) is 0 Å². The molecule has 2 nitrogen and oxygen atoms in total. The van der Waals surface area contributed by atoms with Crippen LogP contribution in [0.5, 0.6) is 0 Å². The van der Waals surface area contributed by atoms with Gasteiger partial charge in [-0.15, -0.1) is 0 Å². The van der Waals surface area contributed by atoms with E-state index < -0.39 is 0 Å². The average Bonchev–Trinajstić information content (AvgIpc) is 2.20. The largest absolute Gasteiger partial charge is 0.221 e. The van der Waals surface area contributed by atoms with Crippen LogP contribution in [0.1, 0.15) is 0 Å². The summed E-state index contributed by atoms with van der Waals surface area (Å²) < 4.78 is 2.30. The Morgan fingerprint density at radius 2 is 1.56 bits per heavy atom. The first-order chi connectivity index (χ1) is 7.56. The van der Waals surface area contributed by atoms with Crippen molar-refractivity contribution >= 4 is 59.4 Å². The van der Waals surface area contributed by atoms with Gasteiger partial charge in [-0.2, -0.15) is 0 Å². The van der Waals surface area contributed by atoms with Crippen molar-refractivity contribution in [1.29, 1.82) is 0 Å². The summed E-state index contributed by atoms with van der Waals surface area (Å²) in [6.45, 7) is 0. The van der Waals surface area contributed by atoms with Crippen LogP contribution in [0, 0.1) is 0 Å². The van der Waals surface area contributed by atoms with E-state index >= 15 is 0 Å². The van der Waals surface area contributed by atoms with Gasteiger partial charge in [0.1, 0.15) is 9.21 Å². The van der Waals surface area contributed by atoms with E-state index in [0.717, 1.165) is 19.2 Å². The van der Waals surface area contributed by atoms with Crippen molar-refractivity contribution in [3.05, 3.63) is 43.0 Å². The molecule has 0 radical (unpaired) electrons. The number of hydrogen-bond donors (Lipinski definition) is 0. The molecule has 0 fully saturated rings. The third-order valence-electron chi connectivity index (χ3n) is 1.84. The summed E-state index contributed by atoms with van der Waals surface area (Å²) in [4.78, 5) is 8.55. The molecule has 0 aliphatic heterocycles. The summed E-state index contributed by atoms with van der Waals surface area (Å²) in [5, 5.41) is 0.636. The Balaban J connectivity index is 2.54. The number of halogens is 4. The molecular weight excluding hydrogens is 423 g/mol. The van der Waals surface area contributed by atoms with Crippen LogP contribution >= 0.6 is 59.4 Å². The number of benzene rings is 1. The van der Waals surface area contributed by atoms with Gasteiger partial charge in [0.25, 0.3) is 0 Å². The van der Waals surface area contributed by atoms with Crippen molar-refractivity contribution in [2.45, 2.75) is 0 Å². The summed E-state index contributed by atoms with van der Waals surface area (Å²) >= 11 is 16.0. The Bertz CT molecular complexity index is 525. The summed E-state index contributed by atoms with van der Waals surface area (Å²) in [6, 6.07) is 7.38. The molecule has 6 heteroatoms. The maximum atomic E-state index is 6.02. The fourth-order valence-corrected chi connectivity index (χ4v) is 2.66. The van der Waals surface area contributed by atoms with Crippen molar-refractivity contribution in [3.8, 4) is 11.4 Å². The van der Waals surface area contributed by atoms with E-state index in [4.69, 9.17) is 11.6 Å². The molecule has 0 atom stereocenters. The molecule has 0 N–H and O–H groups in total. The molecule has 2 aromatic rings. The van der Waals surface area contributed by atoms with E-state index in [0.29, 0.717) is 10.8 Å². The molecule has 1 aromatic heterocycles. The highest BCUT2D eigenvalue weighted by molar-refractivity contribution is 9.11. The van der Waals surface area contributed by atoms with E-state index in [1.54, 1.807) is 6.07 Å². The van der Waals surface area contributed by atoms with E-state index in [9.17, 15) is 0 Å². The first kappa shape index (κ1) is 12.5. The maximum Gasteiger partial charge on any atom is 0.161 e. The summed E-state index contributed by atoms with van der Waals surface area (Å²) in [5.41, 5.74) is 0.871. The summed E-state index contributed by atoms with van der Waals surface area (Å²) in [5.74, 6) is 0.621. The highest BCUT2D eigenvalue weighted by Crippen LogP contribution is 2.28. The van der Waals surface area contributed by atoms with Gasteiger partial charge in [0.05, 0.1) is 5.02 Å². The minimum absolute atomic E-state index is 0.621. The zero-order valence-electron chi connectivity index (χ0n) is 7.72. The van der Waals surface area contributed by atoms with Crippen LogP contribution in [0.2, 0.25) is 5.02 Å². The lowest BCUT2D eigenvalue weighted by Crippen LogP contribution is -1.90. The highest BCUT2D eigenvalue weighted by atomic mass is 79.9. The zero-order valence-corrected chi connectivity index (χ0v) is 13.2. The third kappa shape index (κ3) is 2.83. The predicted molar refractivity (Wildman–Crippen MR) is 75.6 cm³/mol. The molecule has 2 rings (SSSR count). The van der Waals surface area contributed by atoms with Gasteiger partial charge in [-0.05, 0) is 66.0 Å². The van der Waals surface area contributed by atoms with Crippen LogP contribution in [0.3, 0.4) is 0 Å². The van der Waals surface area contributed by atoms with Gasteiger partial charge in [-0.25, -0.2) is 9.97 Å². The van der Waals surface area contributed by atoms with Crippen molar-refractivity contribution in [2.75, 3.05) is 0 Å². The standard InChI is InChI=1S/C10H4Br3ClN2/c11-6-2-1-5(3-7(6)14)10-15-8(12)4-9(13)16-10/h1-4H. The first-order valence-electron chi connectivity index (χ1n) is 4.22. The van der Waals surface area contributed by atoms with E-state index in [1.807, 2.05) is 18.2 Å². The van der Waals surface area contributed by atoms with Gasteiger partial charge in [0, 0.05) is 16.1 Å². The topological polar surface area (TPSA) is 25.8 Å². The second-order valence-electron chi connectivity index (χ2n) is 2.97. The molecule has 1 heterocycles. The lowest BCUT2D eigenvalue weighted by atomic mass is 10.2. The van der Waals surface area contributed by atoms with Gasteiger partial charge in [-0.1, -0.05) is 11.6 Å². The van der Waals surface area contributed by atoms with Crippen molar-refractivity contribution in [2.24, 2.45) is 0 Å². The normalized spacial score (nSPS) is 10.5. The van der Waals surface area contributed by atoms with Gasteiger partial charge in [-0.3, -0.25) is 0 Å². The van der Waals surface area contributed by atoms with Crippen molar-refractivity contribution < 1.29 is 0 Å². The summed E-state index contributed by atoms with van der Waals surface area (Å²) in [7, 11) is 0. The van der Waals surface area contributed by atoms with E-state index in [1.165, 1.54) is 0 Å². The van der Waals surface area contributed by atoms with Crippen LogP contribution in [0.25, 0.3) is 11.4 Å². The second kappa shape index (κ2) is 5.12. The highest BCUT2D eigenvalue weighted by Gasteiger charge is 2.06. The molecular formula is C10H4Br3ClN2. The molecule has 16 heavy (non-hydrogen) atoms. The van der Waals surface area contributed by atoms with Crippen LogP contribution in [-0.4, -0.2) is 9.97 Å². The Labute approximate surface area is 123 Å². The SMILES string of the molecule is Clc1cc(-c2nc(Br)cc(Br)n2)ccc1Br. The molecule has 0 spiro atoms. The minimum atomic E-state index is 0.621. The van der Waals surface area contributed by atoms with Gasteiger partial charge >= 0.3 is 0 Å². The van der Waals surface area contributed by atoms with Crippen molar-refractivity contribution in [1.82, 2.24) is 9.97 Å². The smallest absolute Gasteiger partial charge is 0.161 e. The van der Waals surface area contributed by atoms with Crippen LogP contribution in [-0.2, 0) is 0 Å². The molecule has 0 saturated heterocycles. The fraction of sp³-hybridized carbons (Fsp3) is 0. The van der Waals surface area contributed by atoms with E-state index in [2.05, 4.69) is 57.8 Å². The summed E-state index contributed by atoms with van der Waals surface area (Å²) in [6.07, 6.45) is 0. The lowest BCUT2D eigenvalue weighted by Gasteiger charge is -2.03. The third-order valence-corrected chi connectivity index (χ3v) is 3.89. The second-order valence-corrected chi connectivity index (χ2v) is 5.85. The number of hydrogen-bond acceptors (Lipinski definition) is 2. The van der Waals surface area contributed by atoms with Gasteiger partial charge in [0.15, 0.2) is 5.82 Å². The minimum Gasteiger partial charge on any atom is -0.221 e. The zero-order chi connectivity index (χ0) is 11.7. The maximum absolute atomic E-state index is 6.02. The first-order valence-corrected chi connectivity index (χ1v) is 6.97. The monoisotopic (exact) mass is 424 g/mol. The Morgan fingerprint density at radius 1 is 0.938 bits per heavy atom. The Morgan fingerprint density at radius 3 is 2.12 bits per heavy atom.